The summed E-state index contributed by atoms with van der Waals surface area (Å²) >= 11 is 0. The summed E-state index contributed by atoms with van der Waals surface area (Å²) in [5.74, 6) is 2.69. The zero-order chi connectivity index (χ0) is 35.5. The standard InChI is InChI=1S/C45H56O4/c1-41(2,3)33-16-26-13-27-17-34(42(4,5)6)19-29-15-31-21-36(44(10,11)12)24-45(40(31)46)23-32-22-35(43(7,8)9)20-30(39(32)49-45)14-28(18-33)37(26)47-25-48-38(27)29/h16-22,24,40,46H,13-15,23,25H2,1-12H3. The molecule has 4 heterocycles. The molecular weight excluding hydrogens is 604 g/mol. The Bertz CT molecular complexity index is 1910. The average Bonchev–Trinajstić information content (AvgIpc) is 3.32. The summed E-state index contributed by atoms with van der Waals surface area (Å²) in [6.07, 6.45) is 6.18. The van der Waals surface area contributed by atoms with Gasteiger partial charge in [-0.15, -0.1) is 0 Å². The fourth-order valence-corrected chi connectivity index (χ4v) is 7.94. The summed E-state index contributed by atoms with van der Waals surface area (Å²) in [6.45, 7) is 27.4. The molecule has 1 N–H and O–H groups in total. The number of allylic oxidation sites excluding steroid dienone is 2. The maximum absolute atomic E-state index is 12.5. The van der Waals surface area contributed by atoms with Gasteiger partial charge in [-0.3, -0.25) is 0 Å². The van der Waals surface area contributed by atoms with E-state index in [-0.39, 0.29) is 28.5 Å². The Balaban J connectivity index is 1.56. The molecular formula is C45H56O4. The molecule has 2 atom stereocenters. The average molecular weight is 661 g/mol. The van der Waals surface area contributed by atoms with Crippen molar-refractivity contribution in [3.8, 4) is 17.2 Å². The van der Waals surface area contributed by atoms with Crippen LogP contribution in [-0.2, 0) is 41.9 Å². The lowest BCUT2D eigenvalue weighted by Gasteiger charge is -2.39. The van der Waals surface area contributed by atoms with Crippen molar-refractivity contribution in [2.75, 3.05) is 6.79 Å². The van der Waals surface area contributed by atoms with Gasteiger partial charge in [-0.25, -0.2) is 0 Å². The van der Waals surface area contributed by atoms with Crippen molar-refractivity contribution in [1.82, 2.24) is 0 Å². The van der Waals surface area contributed by atoms with Gasteiger partial charge in [-0.1, -0.05) is 126 Å². The maximum atomic E-state index is 12.5. The third-order valence-electron chi connectivity index (χ3n) is 11.1. The van der Waals surface area contributed by atoms with E-state index >= 15 is 0 Å². The number of aliphatic hydroxyl groups excluding tert-OH is 1. The smallest absolute Gasteiger partial charge is 0.230 e. The van der Waals surface area contributed by atoms with Crippen LogP contribution in [0.2, 0.25) is 0 Å². The fourth-order valence-electron chi connectivity index (χ4n) is 7.94. The van der Waals surface area contributed by atoms with Gasteiger partial charge in [0.05, 0.1) is 0 Å². The lowest BCUT2D eigenvalue weighted by molar-refractivity contribution is 0.0115. The van der Waals surface area contributed by atoms with E-state index in [1.165, 1.54) is 39.0 Å². The molecule has 1 aliphatic carbocycles. The van der Waals surface area contributed by atoms with E-state index in [1.807, 2.05) is 0 Å². The van der Waals surface area contributed by atoms with Crippen LogP contribution in [0.4, 0.5) is 0 Å². The first-order chi connectivity index (χ1) is 22.6. The van der Waals surface area contributed by atoms with Gasteiger partial charge in [0.2, 0.25) is 6.79 Å². The Morgan fingerprint density at radius 1 is 0.551 bits per heavy atom. The molecule has 8 rings (SSSR count). The largest absolute Gasteiger partial charge is 0.479 e. The van der Waals surface area contributed by atoms with Crippen LogP contribution in [0.15, 0.2) is 59.7 Å². The van der Waals surface area contributed by atoms with Crippen molar-refractivity contribution >= 4 is 0 Å². The quantitative estimate of drug-likeness (QED) is 0.261. The van der Waals surface area contributed by atoms with E-state index in [4.69, 9.17) is 14.2 Å². The fraction of sp³-hybridized carbons (Fsp3) is 0.511. The highest BCUT2D eigenvalue weighted by atomic mass is 16.7. The molecule has 0 saturated heterocycles. The maximum Gasteiger partial charge on any atom is 0.230 e. The molecule has 3 aromatic rings. The Labute approximate surface area is 294 Å². The Kier molecular flexibility index (Phi) is 7.63. The van der Waals surface area contributed by atoms with Crippen molar-refractivity contribution in [2.24, 2.45) is 5.41 Å². The number of hydrogen-bond acceptors (Lipinski definition) is 4. The molecule has 260 valence electrons. The minimum Gasteiger partial charge on any atom is -0.479 e. The highest BCUT2D eigenvalue weighted by Crippen LogP contribution is 2.50. The molecule has 0 saturated carbocycles. The van der Waals surface area contributed by atoms with Gasteiger partial charge in [0, 0.05) is 25.7 Å². The van der Waals surface area contributed by atoms with E-state index in [0.29, 0.717) is 25.7 Å². The molecule has 4 heteroatoms. The molecule has 3 aromatic carbocycles. The molecule has 4 nitrogen and oxygen atoms in total. The number of hydrogen-bond donors (Lipinski definition) is 1. The first-order valence-electron chi connectivity index (χ1n) is 18.2. The number of aliphatic hydroxyl groups is 1. The van der Waals surface area contributed by atoms with Crippen LogP contribution < -0.4 is 14.2 Å². The summed E-state index contributed by atoms with van der Waals surface area (Å²) in [5.41, 5.74) is 11.7. The van der Waals surface area contributed by atoms with E-state index < -0.39 is 11.7 Å². The second-order valence-corrected chi connectivity index (χ2v) is 19.3. The van der Waals surface area contributed by atoms with E-state index in [0.717, 1.165) is 39.5 Å². The van der Waals surface area contributed by atoms with E-state index in [9.17, 15) is 5.11 Å². The lowest BCUT2D eigenvalue weighted by atomic mass is 9.72. The number of rotatable bonds is 0. The topological polar surface area (TPSA) is 47.9 Å². The predicted molar refractivity (Wildman–Crippen MR) is 200 cm³/mol. The highest BCUT2D eigenvalue weighted by molar-refractivity contribution is 5.60. The van der Waals surface area contributed by atoms with Crippen molar-refractivity contribution in [3.05, 3.63) is 110 Å². The molecule has 0 radical (unpaired) electrons. The number of ether oxygens (including phenoxy) is 3. The van der Waals surface area contributed by atoms with Crippen molar-refractivity contribution in [2.45, 2.75) is 137 Å². The van der Waals surface area contributed by atoms with Crippen molar-refractivity contribution in [1.29, 1.82) is 0 Å². The van der Waals surface area contributed by atoms with E-state index in [2.05, 4.69) is 132 Å². The van der Waals surface area contributed by atoms with Crippen LogP contribution in [0.25, 0.3) is 0 Å². The summed E-state index contributed by atoms with van der Waals surface area (Å²) in [6, 6.07) is 14.0. The molecule has 0 amide bonds. The second-order valence-electron chi connectivity index (χ2n) is 19.3. The third kappa shape index (κ3) is 6.03. The molecule has 4 aliphatic heterocycles. The molecule has 49 heavy (non-hydrogen) atoms. The zero-order valence-electron chi connectivity index (χ0n) is 31.9. The van der Waals surface area contributed by atoms with E-state index in [1.54, 1.807) is 0 Å². The molecule has 2 unspecified atom stereocenters. The van der Waals surface area contributed by atoms with Crippen LogP contribution in [0, 0.1) is 5.41 Å². The number of benzene rings is 3. The van der Waals surface area contributed by atoms with Gasteiger partial charge in [-0.05, 0) is 89.0 Å². The Hall–Kier alpha value is -3.50. The molecule has 9 bridgehead atoms. The van der Waals surface area contributed by atoms with Gasteiger partial charge >= 0.3 is 0 Å². The van der Waals surface area contributed by atoms with Crippen LogP contribution in [-0.4, -0.2) is 23.6 Å². The SMILES string of the molecule is CC(C)(C)C1=CC23Cc4cc(C(C)(C)C)cc(c4O2)Cc2cc(C(C)(C)C)cc4c2OCOc2c(cc(C(C)(C)C)cc2C4)CC(=C1)C3O. The van der Waals surface area contributed by atoms with Crippen molar-refractivity contribution in [3.63, 3.8) is 0 Å². The van der Waals surface area contributed by atoms with Gasteiger partial charge in [-0.2, -0.15) is 0 Å². The van der Waals surface area contributed by atoms with Gasteiger partial charge in [0.25, 0.3) is 0 Å². The lowest BCUT2D eigenvalue weighted by Crippen LogP contribution is -2.49. The monoisotopic (exact) mass is 660 g/mol. The molecule has 5 aliphatic rings. The summed E-state index contributed by atoms with van der Waals surface area (Å²) in [5, 5.41) is 12.5. The first-order valence-corrected chi connectivity index (χ1v) is 18.2. The normalized spacial score (nSPS) is 21.8. The summed E-state index contributed by atoms with van der Waals surface area (Å²) in [7, 11) is 0. The summed E-state index contributed by atoms with van der Waals surface area (Å²) < 4.78 is 20.5. The molecule has 0 aromatic heterocycles. The Morgan fingerprint density at radius 3 is 1.39 bits per heavy atom. The third-order valence-corrected chi connectivity index (χ3v) is 11.1. The minimum absolute atomic E-state index is 0.0512. The highest BCUT2D eigenvalue weighted by Gasteiger charge is 2.49. The van der Waals surface area contributed by atoms with Crippen LogP contribution >= 0.6 is 0 Å². The van der Waals surface area contributed by atoms with Gasteiger partial charge < -0.3 is 19.3 Å². The summed E-state index contributed by atoms with van der Waals surface area (Å²) in [4.78, 5) is 0. The second kappa shape index (κ2) is 11.0. The van der Waals surface area contributed by atoms with Crippen LogP contribution in [0.3, 0.4) is 0 Å². The molecule has 1 spiro atoms. The zero-order valence-corrected chi connectivity index (χ0v) is 31.9. The van der Waals surface area contributed by atoms with Gasteiger partial charge in [0.15, 0.2) is 5.60 Å². The number of fused-ring (bicyclic) bond motifs is 2. The minimum atomic E-state index is -0.899. The Morgan fingerprint density at radius 2 is 0.959 bits per heavy atom. The van der Waals surface area contributed by atoms with Crippen molar-refractivity contribution < 1.29 is 19.3 Å². The first kappa shape index (κ1) is 34.0. The molecule has 0 fully saturated rings. The van der Waals surface area contributed by atoms with Gasteiger partial charge in [0.1, 0.15) is 23.4 Å². The van der Waals surface area contributed by atoms with Crippen LogP contribution in [0.5, 0.6) is 17.2 Å². The predicted octanol–water partition coefficient (Wildman–Crippen LogP) is 9.99. The van der Waals surface area contributed by atoms with Crippen LogP contribution in [0.1, 0.15) is 133 Å².